The van der Waals surface area contributed by atoms with Gasteiger partial charge in [-0.1, -0.05) is 38.8 Å². The Bertz CT molecular complexity index is 391. The van der Waals surface area contributed by atoms with E-state index in [-0.39, 0.29) is 22.9 Å². The van der Waals surface area contributed by atoms with Crippen molar-refractivity contribution in [3.63, 3.8) is 0 Å². The fourth-order valence-corrected chi connectivity index (χ4v) is 1.81. The van der Waals surface area contributed by atoms with Crippen LogP contribution in [0.4, 0.5) is 0 Å². The number of aromatic carboxylic acids is 1. The van der Waals surface area contributed by atoms with Crippen molar-refractivity contribution in [2.75, 3.05) is 6.61 Å². The van der Waals surface area contributed by atoms with Gasteiger partial charge in [-0.15, -0.1) is 0 Å². The van der Waals surface area contributed by atoms with Gasteiger partial charge in [0.1, 0.15) is 11.3 Å². The maximum absolute atomic E-state index is 11.2. The van der Waals surface area contributed by atoms with Gasteiger partial charge in [0.25, 0.3) is 0 Å². The number of carboxylic acid groups (broad SMARTS) is 1. The van der Waals surface area contributed by atoms with Crippen molar-refractivity contribution >= 4 is 5.97 Å². The van der Waals surface area contributed by atoms with E-state index in [4.69, 9.17) is 4.74 Å². The molecule has 0 amide bonds. The number of carboxylic acids is 1. The van der Waals surface area contributed by atoms with E-state index >= 15 is 0 Å². The van der Waals surface area contributed by atoms with Crippen LogP contribution in [0.2, 0.25) is 0 Å². The number of aryl methyl sites for hydroxylation is 1. The van der Waals surface area contributed by atoms with Gasteiger partial charge in [0.15, 0.2) is 0 Å². The van der Waals surface area contributed by atoms with E-state index in [1.165, 1.54) is 0 Å². The molecule has 0 aliphatic carbocycles. The Hall–Kier alpha value is -0.978. The zero-order valence-electron chi connectivity index (χ0n) is 11.6. The molecule has 0 bridgehead atoms. The van der Waals surface area contributed by atoms with Crippen molar-refractivity contribution in [2.24, 2.45) is 0 Å². The van der Waals surface area contributed by atoms with Gasteiger partial charge in [-0.3, -0.25) is 0 Å². The van der Waals surface area contributed by atoms with Gasteiger partial charge in [0.05, 0.1) is 6.61 Å². The van der Waals surface area contributed by atoms with Crippen molar-refractivity contribution in [2.45, 2.75) is 46.0 Å². The quantitative estimate of drug-likeness (QED) is 0.741. The number of carbonyl (C=O) groups is 1. The number of hydrogen-bond acceptors (Lipinski definition) is 2. The standard InChI is InChI=1S/C15H22O3.Cr/c1-3-5-8-12-9-7-10-13(15(16)17)14(12)18-11-6-4-2;/h7,9-10H,3-6,8,11H2,1-2H3,(H,16,17);. The van der Waals surface area contributed by atoms with Crippen LogP contribution in [0.3, 0.4) is 0 Å². The molecule has 1 aromatic carbocycles. The predicted octanol–water partition coefficient (Wildman–Crippen LogP) is 3.90. The molecular formula is C15H22CrO3. The second kappa shape index (κ2) is 9.89. The molecule has 0 aliphatic rings. The summed E-state index contributed by atoms with van der Waals surface area (Å²) in [6.45, 7) is 4.79. The predicted molar refractivity (Wildman–Crippen MR) is 72.4 cm³/mol. The zero-order chi connectivity index (χ0) is 13.4. The number of rotatable bonds is 8. The van der Waals surface area contributed by atoms with Crippen molar-refractivity contribution < 1.29 is 32.0 Å². The number of hydrogen-bond donors (Lipinski definition) is 1. The third-order valence-electron chi connectivity index (χ3n) is 2.87. The first-order chi connectivity index (χ1) is 8.70. The van der Waals surface area contributed by atoms with Gasteiger partial charge in [-0.05, 0) is 30.9 Å². The van der Waals surface area contributed by atoms with Crippen LogP contribution in [0.5, 0.6) is 5.75 Å². The second-order valence-corrected chi connectivity index (χ2v) is 4.40. The average Bonchev–Trinajstić information content (AvgIpc) is 2.37. The normalized spacial score (nSPS) is 9.79. The van der Waals surface area contributed by atoms with Gasteiger partial charge >= 0.3 is 5.97 Å². The molecule has 0 atom stereocenters. The molecular weight excluding hydrogens is 280 g/mol. The van der Waals surface area contributed by atoms with Crippen LogP contribution in [0.15, 0.2) is 18.2 Å². The van der Waals surface area contributed by atoms with E-state index in [1.54, 1.807) is 12.1 Å². The van der Waals surface area contributed by atoms with Gasteiger partial charge in [0.2, 0.25) is 0 Å². The molecule has 1 rings (SSSR count). The van der Waals surface area contributed by atoms with Crippen LogP contribution in [-0.2, 0) is 23.8 Å². The first-order valence-corrected chi connectivity index (χ1v) is 6.68. The van der Waals surface area contributed by atoms with E-state index in [2.05, 4.69) is 13.8 Å². The monoisotopic (exact) mass is 302 g/mol. The summed E-state index contributed by atoms with van der Waals surface area (Å²) in [6.07, 6.45) is 5.00. The number of benzene rings is 1. The summed E-state index contributed by atoms with van der Waals surface area (Å²) in [7, 11) is 0. The zero-order valence-corrected chi connectivity index (χ0v) is 12.9. The molecule has 0 unspecified atom stereocenters. The summed E-state index contributed by atoms with van der Waals surface area (Å²) in [5, 5.41) is 9.19. The van der Waals surface area contributed by atoms with Crippen LogP contribution in [-0.4, -0.2) is 17.7 Å². The molecule has 19 heavy (non-hydrogen) atoms. The Kier molecular flexibility index (Phi) is 9.38. The maximum Gasteiger partial charge on any atom is 0.339 e. The van der Waals surface area contributed by atoms with E-state index in [0.29, 0.717) is 12.4 Å². The van der Waals surface area contributed by atoms with Gasteiger partial charge < -0.3 is 9.84 Å². The Morgan fingerprint density at radius 1 is 1.21 bits per heavy atom. The van der Waals surface area contributed by atoms with Crippen molar-refractivity contribution in [3.8, 4) is 5.75 Å². The fourth-order valence-electron chi connectivity index (χ4n) is 1.81. The second-order valence-electron chi connectivity index (χ2n) is 4.40. The third-order valence-corrected chi connectivity index (χ3v) is 2.87. The van der Waals surface area contributed by atoms with Crippen LogP contribution < -0.4 is 4.74 Å². The number of unbranched alkanes of at least 4 members (excludes halogenated alkanes) is 2. The smallest absolute Gasteiger partial charge is 0.339 e. The molecule has 0 heterocycles. The third kappa shape index (κ3) is 5.67. The Labute approximate surface area is 126 Å². The summed E-state index contributed by atoms with van der Waals surface area (Å²) < 4.78 is 5.69. The Balaban J connectivity index is 0.00000324. The maximum atomic E-state index is 11.2. The van der Waals surface area contributed by atoms with E-state index < -0.39 is 5.97 Å². The molecule has 0 fully saturated rings. The molecule has 0 spiro atoms. The minimum Gasteiger partial charge on any atom is -0.492 e. The topological polar surface area (TPSA) is 46.5 Å². The molecule has 0 saturated carbocycles. The first-order valence-electron chi connectivity index (χ1n) is 6.68. The molecule has 3 nitrogen and oxygen atoms in total. The summed E-state index contributed by atoms with van der Waals surface area (Å²) >= 11 is 0. The average molecular weight is 302 g/mol. The Morgan fingerprint density at radius 3 is 2.47 bits per heavy atom. The van der Waals surface area contributed by atoms with Crippen LogP contribution in [0, 0.1) is 0 Å². The molecule has 4 heteroatoms. The molecule has 0 saturated heterocycles. The molecule has 1 aromatic rings. The number of para-hydroxylation sites is 1. The molecule has 0 aliphatic heterocycles. The van der Waals surface area contributed by atoms with Crippen molar-refractivity contribution in [3.05, 3.63) is 29.3 Å². The summed E-state index contributed by atoms with van der Waals surface area (Å²) in [5.41, 5.74) is 1.28. The SMILES string of the molecule is CCCCOc1c(CCCC)cccc1C(=O)O.[Cr]. The van der Waals surface area contributed by atoms with Crippen LogP contribution in [0.1, 0.15) is 55.5 Å². The molecule has 1 N–H and O–H groups in total. The first kappa shape index (κ1) is 18.0. The largest absolute Gasteiger partial charge is 0.492 e. The number of ether oxygens (including phenoxy) is 1. The van der Waals surface area contributed by atoms with Crippen LogP contribution in [0.25, 0.3) is 0 Å². The minimum absolute atomic E-state index is 0. The van der Waals surface area contributed by atoms with Gasteiger partial charge in [-0.2, -0.15) is 0 Å². The Morgan fingerprint density at radius 2 is 1.89 bits per heavy atom. The van der Waals surface area contributed by atoms with Crippen molar-refractivity contribution in [1.82, 2.24) is 0 Å². The summed E-state index contributed by atoms with van der Waals surface area (Å²) in [6, 6.07) is 5.36. The summed E-state index contributed by atoms with van der Waals surface area (Å²) in [4.78, 5) is 11.2. The minimum atomic E-state index is -0.917. The molecule has 106 valence electrons. The van der Waals surface area contributed by atoms with E-state index in [0.717, 1.165) is 37.7 Å². The molecule has 0 aromatic heterocycles. The van der Waals surface area contributed by atoms with Gasteiger partial charge in [0, 0.05) is 17.4 Å². The van der Waals surface area contributed by atoms with E-state index in [1.807, 2.05) is 6.07 Å². The van der Waals surface area contributed by atoms with Crippen LogP contribution >= 0.6 is 0 Å². The fraction of sp³-hybridized carbons (Fsp3) is 0.533. The van der Waals surface area contributed by atoms with Gasteiger partial charge in [-0.25, -0.2) is 4.79 Å². The van der Waals surface area contributed by atoms with E-state index in [9.17, 15) is 9.90 Å². The summed E-state index contributed by atoms with van der Waals surface area (Å²) in [5.74, 6) is -0.355. The van der Waals surface area contributed by atoms with Crippen molar-refractivity contribution in [1.29, 1.82) is 0 Å². The molecule has 0 radical (unpaired) electrons.